The van der Waals surface area contributed by atoms with Gasteiger partial charge in [0.05, 0.1) is 32.5 Å². The molecule has 0 spiro atoms. The van der Waals surface area contributed by atoms with Crippen molar-refractivity contribution in [3.63, 3.8) is 0 Å². The van der Waals surface area contributed by atoms with E-state index in [1.807, 2.05) is 30.3 Å². The zero-order chi connectivity index (χ0) is 19.7. The summed E-state index contributed by atoms with van der Waals surface area (Å²) in [6.07, 6.45) is 1.37. The summed E-state index contributed by atoms with van der Waals surface area (Å²) in [6, 6.07) is 22.6. The number of para-hydroxylation sites is 1. The molecule has 7 heteroatoms. The molecule has 0 bridgehead atoms. The number of rotatable bonds is 4. The van der Waals surface area contributed by atoms with Crippen molar-refractivity contribution >= 4 is 33.0 Å². The summed E-state index contributed by atoms with van der Waals surface area (Å²) >= 11 is 12.3. The molecule has 3 aromatic carbocycles. The fraction of sp³-hybridized carbons (Fsp3) is 0. The minimum absolute atomic E-state index is 0.0981. The van der Waals surface area contributed by atoms with Crippen LogP contribution in [-0.4, -0.2) is 18.2 Å². The van der Waals surface area contributed by atoms with Crippen molar-refractivity contribution in [2.75, 3.05) is 0 Å². The highest BCUT2D eigenvalue weighted by atomic mass is 35.5. The average molecular weight is 429 g/mol. The van der Waals surface area contributed by atoms with Crippen LogP contribution >= 0.6 is 23.2 Å². The van der Waals surface area contributed by atoms with Crippen LogP contribution in [0, 0.1) is 0 Å². The lowest BCUT2D eigenvalue weighted by Crippen LogP contribution is -2.05. The highest BCUT2D eigenvalue weighted by Gasteiger charge is 2.27. The van der Waals surface area contributed by atoms with Gasteiger partial charge in [0.25, 0.3) is 0 Å². The summed E-state index contributed by atoms with van der Waals surface area (Å²) < 4.78 is 28.2. The molecule has 140 valence electrons. The molecule has 0 N–H and O–H groups in total. The van der Waals surface area contributed by atoms with Crippen LogP contribution in [0.25, 0.3) is 16.9 Å². The first kappa shape index (κ1) is 18.7. The van der Waals surface area contributed by atoms with Crippen molar-refractivity contribution in [3.05, 3.63) is 95.1 Å². The van der Waals surface area contributed by atoms with Gasteiger partial charge in [-0.25, -0.2) is 13.1 Å². The first-order valence-corrected chi connectivity index (χ1v) is 10.6. The summed E-state index contributed by atoms with van der Waals surface area (Å²) in [5, 5.41) is 5.10. The van der Waals surface area contributed by atoms with E-state index in [9.17, 15) is 8.42 Å². The summed E-state index contributed by atoms with van der Waals surface area (Å²) in [5.74, 6) is 0. The van der Waals surface area contributed by atoms with Gasteiger partial charge in [0.2, 0.25) is 9.84 Å². The molecule has 0 aliphatic heterocycles. The predicted octanol–water partition coefficient (Wildman–Crippen LogP) is 5.68. The normalized spacial score (nSPS) is 11.5. The lowest BCUT2D eigenvalue weighted by molar-refractivity contribution is 0.596. The first-order chi connectivity index (χ1) is 13.5. The van der Waals surface area contributed by atoms with E-state index in [1.165, 1.54) is 6.20 Å². The molecule has 0 aliphatic carbocycles. The van der Waals surface area contributed by atoms with Crippen molar-refractivity contribution in [1.82, 2.24) is 9.78 Å². The number of sulfone groups is 1. The van der Waals surface area contributed by atoms with Crippen molar-refractivity contribution in [1.29, 1.82) is 0 Å². The van der Waals surface area contributed by atoms with Crippen LogP contribution in [0.3, 0.4) is 0 Å². The molecule has 1 heterocycles. The van der Waals surface area contributed by atoms with Crippen LogP contribution in [0.15, 0.2) is 94.9 Å². The fourth-order valence-corrected chi connectivity index (χ4v) is 4.64. The maximum absolute atomic E-state index is 13.3. The number of hydrogen-bond donors (Lipinski definition) is 0. The van der Waals surface area contributed by atoms with Gasteiger partial charge in [0.1, 0.15) is 4.90 Å². The molecular weight excluding hydrogens is 415 g/mol. The zero-order valence-corrected chi connectivity index (χ0v) is 16.8. The Morgan fingerprint density at radius 2 is 1.43 bits per heavy atom. The van der Waals surface area contributed by atoms with Gasteiger partial charge >= 0.3 is 0 Å². The zero-order valence-electron chi connectivity index (χ0n) is 14.5. The second-order valence-electron chi connectivity index (χ2n) is 6.05. The number of nitrogens with zero attached hydrogens (tertiary/aromatic N) is 2. The standard InChI is InChI=1S/C21H14Cl2N2O2S/c22-18-12-11-15(13-19(18)23)21-20(28(26,27)17-9-5-2-6-10-17)14-24-25(21)16-7-3-1-4-8-16/h1-14H. The van der Waals surface area contributed by atoms with Gasteiger partial charge in [-0.2, -0.15) is 5.10 Å². The van der Waals surface area contributed by atoms with Gasteiger partial charge in [0.15, 0.2) is 0 Å². The third-order valence-corrected chi connectivity index (χ3v) is 6.78. The van der Waals surface area contributed by atoms with Crippen LogP contribution in [0.4, 0.5) is 0 Å². The van der Waals surface area contributed by atoms with Crippen molar-refractivity contribution in [2.45, 2.75) is 9.79 Å². The molecule has 4 nitrogen and oxygen atoms in total. The van der Waals surface area contributed by atoms with Gasteiger partial charge in [-0.3, -0.25) is 0 Å². The third kappa shape index (κ3) is 3.33. The molecule has 4 aromatic rings. The molecule has 0 aliphatic rings. The molecular formula is C21H14Cl2N2O2S. The Morgan fingerprint density at radius 3 is 2.07 bits per heavy atom. The van der Waals surface area contributed by atoms with Gasteiger partial charge in [-0.05, 0) is 36.4 Å². The molecule has 28 heavy (non-hydrogen) atoms. The summed E-state index contributed by atoms with van der Waals surface area (Å²) in [4.78, 5) is 0.296. The number of benzene rings is 3. The van der Waals surface area contributed by atoms with Gasteiger partial charge in [-0.15, -0.1) is 0 Å². The van der Waals surface area contributed by atoms with E-state index in [1.54, 1.807) is 53.2 Å². The van der Waals surface area contributed by atoms with E-state index in [0.29, 0.717) is 21.3 Å². The van der Waals surface area contributed by atoms with E-state index in [0.717, 1.165) is 5.69 Å². The predicted molar refractivity (Wildman–Crippen MR) is 111 cm³/mol. The Morgan fingerprint density at radius 1 is 0.786 bits per heavy atom. The summed E-state index contributed by atoms with van der Waals surface area (Å²) in [5.41, 5.74) is 1.76. The average Bonchev–Trinajstić information content (AvgIpc) is 3.17. The third-order valence-electron chi connectivity index (χ3n) is 4.27. The number of hydrogen-bond acceptors (Lipinski definition) is 3. The number of halogens is 2. The molecule has 0 fully saturated rings. The van der Waals surface area contributed by atoms with Crippen molar-refractivity contribution in [3.8, 4) is 16.9 Å². The maximum Gasteiger partial charge on any atom is 0.210 e. The second kappa shape index (κ2) is 7.43. The van der Waals surface area contributed by atoms with E-state index >= 15 is 0 Å². The Balaban J connectivity index is 2.01. The van der Waals surface area contributed by atoms with Crippen LogP contribution in [0.5, 0.6) is 0 Å². The molecule has 0 saturated carbocycles. The smallest absolute Gasteiger partial charge is 0.210 e. The Kier molecular flexibility index (Phi) is 4.98. The Hall–Kier alpha value is -2.60. The molecule has 0 atom stereocenters. The van der Waals surface area contributed by atoms with E-state index in [2.05, 4.69) is 5.10 Å². The summed E-state index contributed by atoms with van der Waals surface area (Å²) in [6.45, 7) is 0. The number of aromatic nitrogens is 2. The van der Waals surface area contributed by atoms with E-state index < -0.39 is 9.84 Å². The van der Waals surface area contributed by atoms with Crippen molar-refractivity contribution < 1.29 is 8.42 Å². The fourth-order valence-electron chi connectivity index (χ4n) is 2.93. The minimum Gasteiger partial charge on any atom is -0.232 e. The molecule has 0 saturated heterocycles. The van der Waals surface area contributed by atoms with Crippen LogP contribution < -0.4 is 0 Å². The van der Waals surface area contributed by atoms with Crippen LogP contribution in [0.1, 0.15) is 0 Å². The molecule has 0 unspecified atom stereocenters. The topological polar surface area (TPSA) is 52.0 Å². The lowest BCUT2D eigenvalue weighted by Gasteiger charge is -2.11. The van der Waals surface area contributed by atoms with Crippen LogP contribution in [-0.2, 0) is 9.84 Å². The molecule has 4 rings (SSSR count). The highest BCUT2D eigenvalue weighted by molar-refractivity contribution is 7.91. The van der Waals surface area contributed by atoms with Gasteiger partial charge < -0.3 is 0 Å². The van der Waals surface area contributed by atoms with Gasteiger partial charge in [0, 0.05) is 5.56 Å². The quantitative estimate of drug-likeness (QED) is 0.420. The molecule has 0 amide bonds. The SMILES string of the molecule is O=S(=O)(c1ccccc1)c1cnn(-c2ccccc2)c1-c1ccc(Cl)c(Cl)c1. The molecule has 0 radical (unpaired) electrons. The van der Waals surface area contributed by atoms with Crippen molar-refractivity contribution in [2.24, 2.45) is 0 Å². The van der Waals surface area contributed by atoms with Crippen LogP contribution in [0.2, 0.25) is 10.0 Å². The monoisotopic (exact) mass is 428 g/mol. The Bertz CT molecular complexity index is 1240. The lowest BCUT2D eigenvalue weighted by atomic mass is 10.1. The maximum atomic E-state index is 13.3. The molecule has 1 aromatic heterocycles. The van der Waals surface area contributed by atoms with E-state index in [-0.39, 0.29) is 9.79 Å². The largest absolute Gasteiger partial charge is 0.232 e. The highest BCUT2D eigenvalue weighted by Crippen LogP contribution is 2.36. The van der Waals surface area contributed by atoms with Gasteiger partial charge in [-0.1, -0.05) is 65.7 Å². The first-order valence-electron chi connectivity index (χ1n) is 8.37. The minimum atomic E-state index is -3.79. The van der Waals surface area contributed by atoms with E-state index in [4.69, 9.17) is 23.2 Å². The summed E-state index contributed by atoms with van der Waals surface area (Å²) in [7, 11) is -3.79. The second-order valence-corrected chi connectivity index (χ2v) is 8.78. The Labute approximate surface area is 172 Å².